The molecule has 0 aromatic rings. The molecular weight excluding hydrogens is 112 g/mol. The molecular formula is C4H9ClN2. The Hall–Kier alpha value is 0.210. The second-order valence-electron chi connectivity index (χ2n) is 1.84. The summed E-state index contributed by atoms with van der Waals surface area (Å²) in [4.78, 5) is 0. The van der Waals surface area contributed by atoms with Gasteiger partial charge in [-0.1, -0.05) is 0 Å². The number of hydrogen-bond acceptors (Lipinski definition) is 2. The highest BCUT2D eigenvalue weighted by atomic mass is 35.5. The largest absolute Gasteiger partial charge is 0.254 e. The lowest BCUT2D eigenvalue weighted by Gasteiger charge is -2.03. The number of hydrazine groups is 1. The van der Waals surface area contributed by atoms with Gasteiger partial charge in [-0.3, -0.25) is 5.43 Å². The van der Waals surface area contributed by atoms with E-state index in [2.05, 4.69) is 5.43 Å². The van der Waals surface area contributed by atoms with Crippen LogP contribution in [0.1, 0.15) is 0 Å². The second kappa shape index (κ2) is 1.99. The van der Waals surface area contributed by atoms with Gasteiger partial charge in [0.2, 0.25) is 0 Å². The van der Waals surface area contributed by atoms with Crippen LogP contribution >= 0.6 is 11.6 Å². The molecule has 1 atom stereocenters. The number of rotatable bonds is 0. The van der Waals surface area contributed by atoms with Gasteiger partial charge in [-0.15, -0.1) is 11.6 Å². The SMILES string of the molecule is CN1CC(Cl)CN1. The topological polar surface area (TPSA) is 15.3 Å². The van der Waals surface area contributed by atoms with Crippen molar-refractivity contribution in [3.63, 3.8) is 0 Å². The van der Waals surface area contributed by atoms with Gasteiger partial charge in [0.05, 0.1) is 5.38 Å². The van der Waals surface area contributed by atoms with Gasteiger partial charge in [0.1, 0.15) is 0 Å². The van der Waals surface area contributed by atoms with E-state index in [0.717, 1.165) is 13.1 Å². The Balaban J connectivity index is 2.26. The smallest absolute Gasteiger partial charge is 0.0615 e. The first-order valence-corrected chi connectivity index (χ1v) is 2.81. The molecule has 0 aromatic heterocycles. The highest BCUT2D eigenvalue weighted by Gasteiger charge is 2.14. The van der Waals surface area contributed by atoms with Gasteiger partial charge in [-0.2, -0.15) is 0 Å². The van der Waals surface area contributed by atoms with E-state index in [1.54, 1.807) is 0 Å². The molecule has 0 aliphatic carbocycles. The summed E-state index contributed by atoms with van der Waals surface area (Å²) in [5.74, 6) is 0. The molecule has 1 rings (SSSR count). The molecule has 0 saturated carbocycles. The van der Waals surface area contributed by atoms with Crippen molar-refractivity contribution in [3.05, 3.63) is 0 Å². The molecule has 0 amide bonds. The maximum absolute atomic E-state index is 5.70. The fourth-order valence-electron chi connectivity index (χ4n) is 0.681. The first-order valence-electron chi connectivity index (χ1n) is 2.38. The van der Waals surface area contributed by atoms with Crippen molar-refractivity contribution in [2.45, 2.75) is 5.38 Å². The molecule has 3 heteroatoms. The summed E-state index contributed by atoms with van der Waals surface area (Å²) in [5.41, 5.74) is 3.07. The standard InChI is InChI=1S/C4H9ClN2/c1-7-3-4(5)2-6-7/h4,6H,2-3H2,1H3. The molecule has 2 nitrogen and oxygen atoms in total. The molecule has 1 aliphatic heterocycles. The molecule has 1 fully saturated rings. The van der Waals surface area contributed by atoms with Gasteiger partial charge in [-0.25, -0.2) is 5.01 Å². The number of halogens is 1. The number of alkyl halides is 1. The summed E-state index contributed by atoms with van der Waals surface area (Å²) in [6.07, 6.45) is 0. The number of nitrogens with zero attached hydrogens (tertiary/aromatic N) is 1. The van der Waals surface area contributed by atoms with E-state index in [1.807, 2.05) is 12.1 Å². The van der Waals surface area contributed by atoms with Crippen LogP contribution in [0.25, 0.3) is 0 Å². The third kappa shape index (κ3) is 1.30. The lowest BCUT2D eigenvalue weighted by atomic mass is 10.5. The van der Waals surface area contributed by atoms with Crippen LogP contribution in [0.5, 0.6) is 0 Å². The van der Waals surface area contributed by atoms with Crippen LogP contribution in [0, 0.1) is 0 Å². The van der Waals surface area contributed by atoms with Crippen LogP contribution < -0.4 is 5.43 Å². The third-order valence-corrected chi connectivity index (χ3v) is 1.35. The summed E-state index contributed by atoms with van der Waals surface area (Å²) < 4.78 is 0. The van der Waals surface area contributed by atoms with E-state index in [-0.39, 0.29) is 0 Å². The minimum atomic E-state index is 0.310. The van der Waals surface area contributed by atoms with Gasteiger partial charge < -0.3 is 0 Å². The lowest BCUT2D eigenvalue weighted by Crippen LogP contribution is -2.25. The predicted molar refractivity (Wildman–Crippen MR) is 30.3 cm³/mol. The average molecular weight is 121 g/mol. The fraction of sp³-hybridized carbons (Fsp3) is 1.00. The van der Waals surface area contributed by atoms with Crippen LogP contribution in [-0.4, -0.2) is 30.5 Å². The Morgan fingerprint density at radius 1 is 1.86 bits per heavy atom. The minimum absolute atomic E-state index is 0.310. The second-order valence-corrected chi connectivity index (χ2v) is 2.46. The van der Waals surface area contributed by atoms with E-state index < -0.39 is 0 Å². The van der Waals surface area contributed by atoms with Crippen LogP contribution in [0.15, 0.2) is 0 Å². The van der Waals surface area contributed by atoms with Crippen molar-refractivity contribution in [2.75, 3.05) is 20.1 Å². The van der Waals surface area contributed by atoms with Crippen LogP contribution in [0.3, 0.4) is 0 Å². The van der Waals surface area contributed by atoms with Crippen molar-refractivity contribution in [2.24, 2.45) is 0 Å². The van der Waals surface area contributed by atoms with Gasteiger partial charge in [-0.05, 0) is 0 Å². The quantitative estimate of drug-likeness (QED) is 0.455. The van der Waals surface area contributed by atoms with Crippen molar-refractivity contribution >= 4 is 11.6 Å². The lowest BCUT2D eigenvalue weighted by molar-refractivity contribution is 0.316. The molecule has 1 aliphatic rings. The number of hydrogen-bond donors (Lipinski definition) is 1. The normalized spacial score (nSPS) is 34.3. The zero-order valence-corrected chi connectivity index (χ0v) is 5.07. The zero-order valence-electron chi connectivity index (χ0n) is 4.32. The Kier molecular flexibility index (Phi) is 1.52. The minimum Gasteiger partial charge on any atom is -0.254 e. The summed E-state index contributed by atoms with van der Waals surface area (Å²) in [6.45, 7) is 1.87. The zero-order chi connectivity index (χ0) is 5.28. The van der Waals surface area contributed by atoms with Gasteiger partial charge in [0, 0.05) is 20.1 Å². The molecule has 42 valence electrons. The van der Waals surface area contributed by atoms with Crippen molar-refractivity contribution in [1.29, 1.82) is 0 Å². The maximum atomic E-state index is 5.70. The first kappa shape index (κ1) is 5.35. The van der Waals surface area contributed by atoms with E-state index in [4.69, 9.17) is 11.6 Å². The van der Waals surface area contributed by atoms with E-state index in [1.165, 1.54) is 0 Å². The molecule has 0 bridgehead atoms. The Morgan fingerprint density at radius 2 is 2.57 bits per heavy atom. The molecule has 1 unspecified atom stereocenters. The highest BCUT2D eigenvalue weighted by Crippen LogP contribution is 2.00. The van der Waals surface area contributed by atoms with E-state index in [0.29, 0.717) is 5.38 Å². The maximum Gasteiger partial charge on any atom is 0.0615 e. The summed E-state index contributed by atoms with van der Waals surface area (Å²) in [5, 5.41) is 2.31. The molecule has 1 saturated heterocycles. The Morgan fingerprint density at radius 3 is 2.71 bits per heavy atom. The van der Waals surface area contributed by atoms with Crippen molar-refractivity contribution in [3.8, 4) is 0 Å². The Labute approximate surface area is 48.4 Å². The van der Waals surface area contributed by atoms with E-state index in [9.17, 15) is 0 Å². The van der Waals surface area contributed by atoms with E-state index >= 15 is 0 Å². The predicted octanol–water partition coefficient (Wildman–Crippen LogP) is 0.0438. The van der Waals surface area contributed by atoms with Gasteiger partial charge in [0.15, 0.2) is 0 Å². The van der Waals surface area contributed by atoms with Crippen LogP contribution in [0.4, 0.5) is 0 Å². The van der Waals surface area contributed by atoms with Gasteiger partial charge in [0.25, 0.3) is 0 Å². The first-order chi connectivity index (χ1) is 3.29. The van der Waals surface area contributed by atoms with Crippen molar-refractivity contribution < 1.29 is 0 Å². The molecule has 7 heavy (non-hydrogen) atoms. The average Bonchev–Trinajstić information content (AvgIpc) is 1.87. The molecule has 0 radical (unpaired) electrons. The molecule has 1 heterocycles. The monoisotopic (exact) mass is 120 g/mol. The molecule has 0 aromatic carbocycles. The molecule has 1 N–H and O–H groups in total. The third-order valence-electron chi connectivity index (χ3n) is 1.05. The van der Waals surface area contributed by atoms with Crippen LogP contribution in [0.2, 0.25) is 0 Å². The molecule has 0 spiro atoms. The van der Waals surface area contributed by atoms with Gasteiger partial charge >= 0.3 is 0 Å². The summed E-state index contributed by atoms with van der Waals surface area (Å²) in [7, 11) is 1.99. The van der Waals surface area contributed by atoms with Crippen LogP contribution in [-0.2, 0) is 0 Å². The Bertz CT molecular complexity index is 58.7. The van der Waals surface area contributed by atoms with Crippen molar-refractivity contribution in [1.82, 2.24) is 10.4 Å². The highest BCUT2D eigenvalue weighted by molar-refractivity contribution is 6.21. The summed E-state index contributed by atoms with van der Waals surface area (Å²) >= 11 is 5.70. The summed E-state index contributed by atoms with van der Waals surface area (Å²) in [6, 6.07) is 0. The number of nitrogens with one attached hydrogen (secondary N) is 1. The fourth-order valence-corrected chi connectivity index (χ4v) is 0.957.